The van der Waals surface area contributed by atoms with Gasteiger partial charge >= 0.3 is 12.3 Å². The van der Waals surface area contributed by atoms with E-state index in [0.29, 0.717) is 26.2 Å². The lowest BCUT2D eigenvalue weighted by Gasteiger charge is -2.35. The minimum absolute atomic E-state index is 0.0766. The van der Waals surface area contributed by atoms with E-state index < -0.39 is 23.7 Å². The fourth-order valence-corrected chi connectivity index (χ4v) is 2.82. The van der Waals surface area contributed by atoms with Crippen LogP contribution in [0.1, 0.15) is 12.5 Å². The number of alkyl carbamates (subject to hydrolysis) is 1. The standard InChI is InChI=1S/C17H17ClF3N5O3/c1-2-29-16(28)24-15(27)11(8-22)10-25-3-5-26(6-4-25)14-13(18)7-12(9-23-14)17(19,20)21/h7,9-10H,2-6H2,1H3,(H,24,27,28)/b11-10+. The summed E-state index contributed by atoms with van der Waals surface area (Å²) in [6, 6.07) is 2.54. The maximum absolute atomic E-state index is 12.7. The largest absolute Gasteiger partial charge is 0.450 e. The van der Waals surface area contributed by atoms with Crippen molar-refractivity contribution in [2.45, 2.75) is 13.1 Å². The van der Waals surface area contributed by atoms with Gasteiger partial charge in [0.1, 0.15) is 17.5 Å². The topological polar surface area (TPSA) is 98.6 Å². The van der Waals surface area contributed by atoms with Gasteiger partial charge in [-0.3, -0.25) is 10.1 Å². The van der Waals surface area contributed by atoms with Gasteiger partial charge in [0.25, 0.3) is 5.91 Å². The molecule has 2 rings (SSSR count). The Morgan fingerprint density at radius 1 is 1.38 bits per heavy atom. The normalized spacial score (nSPS) is 15.0. The highest BCUT2D eigenvalue weighted by Crippen LogP contribution is 2.33. The first-order valence-corrected chi connectivity index (χ1v) is 8.85. The number of nitriles is 1. The molecule has 0 saturated carbocycles. The van der Waals surface area contributed by atoms with Crippen LogP contribution in [-0.2, 0) is 15.7 Å². The summed E-state index contributed by atoms with van der Waals surface area (Å²) in [5.41, 5.74) is -1.21. The zero-order valence-corrected chi connectivity index (χ0v) is 16.0. The third-order valence-electron chi connectivity index (χ3n) is 3.93. The molecule has 1 aliphatic rings. The van der Waals surface area contributed by atoms with E-state index in [4.69, 9.17) is 16.9 Å². The second-order valence-electron chi connectivity index (χ2n) is 5.88. The number of hydrogen-bond acceptors (Lipinski definition) is 7. The number of alkyl halides is 3. The van der Waals surface area contributed by atoms with Crippen LogP contribution >= 0.6 is 11.6 Å². The van der Waals surface area contributed by atoms with Crippen LogP contribution < -0.4 is 10.2 Å². The predicted molar refractivity (Wildman–Crippen MR) is 96.9 cm³/mol. The van der Waals surface area contributed by atoms with Crippen LogP contribution in [0.2, 0.25) is 5.02 Å². The molecule has 8 nitrogen and oxygen atoms in total. The molecule has 0 spiro atoms. The minimum atomic E-state index is -4.53. The minimum Gasteiger partial charge on any atom is -0.450 e. The molecule has 0 radical (unpaired) electrons. The van der Waals surface area contributed by atoms with E-state index in [1.165, 1.54) is 6.20 Å². The molecule has 0 bridgehead atoms. The molecule has 1 N–H and O–H groups in total. The second-order valence-corrected chi connectivity index (χ2v) is 6.29. The Bertz CT molecular complexity index is 846. The van der Waals surface area contributed by atoms with Gasteiger partial charge in [-0.2, -0.15) is 18.4 Å². The SMILES string of the molecule is CCOC(=O)NC(=O)/C(C#N)=C/N1CCN(c2ncc(C(F)(F)F)cc2Cl)CC1. The summed E-state index contributed by atoms with van der Waals surface area (Å²) in [5.74, 6) is -0.662. The van der Waals surface area contributed by atoms with Crippen molar-refractivity contribution >= 4 is 29.4 Å². The summed E-state index contributed by atoms with van der Waals surface area (Å²) in [5, 5.41) is 11.0. The van der Waals surface area contributed by atoms with E-state index in [9.17, 15) is 22.8 Å². The van der Waals surface area contributed by atoms with Gasteiger partial charge in [0, 0.05) is 38.6 Å². The molecule has 1 aliphatic heterocycles. The molecule has 1 fully saturated rings. The van der Waals surface area contributed by atoms with E-state index in [1.54, 1.807) is 22.8 Å². The van der Waals surface area contributed by atoms with Crippen LogP contribution in [0.5, 0.6) is 0 Å². The zero-order valence-electron chi connectivity index (χ0n) is 15.3. The third-order valence-corrected chi connectivity index (χ3v) is 4.21. The van der Waals surface area contributed by atoms with Crippen molar-refractivity contribution in [1.29, 1.82) is 5.26 Å². The molecule has 1 saturated heterocycles. The van der Waals surface area contributed by atoms with Gasteiger partial charge in [0.05, 0.1) is 17.2 Å². The maximum atomic E-state index is 12.7. The number of piperazine rings is 1. The highest BCUT2D eigenvalue weighted by Gasteiger charge is 2.32. The number of anilines is 1. The van der Waals surface area contributed by atoms with Crippen LogP contribution in [0, 0.1) is 11.3 Å². The number of carbonyl (C=O) groups is 2. The molecule has 2 heterocycles. The van der Waals surface area contributed by atoms with Crippen LogP contribution in [0.3, 0.4) is 0 Å². The predicted octanol–water partition coefficient (Wildman–Crippen LogP) is 2.56. The Hall–Kier alpha value is -3.00. The van der Waals surface area contributed by atoms with E-state index >= 15 is 0 Å². The number of nitrogens with zero attached hydrogens (tertiary/aromatic N) is 4. The quantitative estimate of drug-likeness (QED) is 0.577. The van der Waals surface area contributed by atoms with E-state index in [0.717, 1.165) is 12.3 Å². The lowest BCUT2D eigenvalue weighted by atomic mass is 10.2. The number of aromatic nitrogens is 1. The van der Waals surface area contributed by atoms with Crippen molar-refractivity contribution in [1.82, 2.24) is 15.2 Å². The number of amides is 2. The Morgan fingerprint density at radius 2 is 2.03 bits per heavy atom. The number of imide groups is 1. The highest BCUT2D eigenvalue weighted by molar-refractivity contribution is 6.33. The number of carbonyl (C=O) groups excluding carboxylic acids is 2. The van der Waals surface area contributed by atoms with Crippen LogP contribution in [0.4, 0.5) is 23.8 Å². The summed E-state index contributed by atoms with van der Waals surface area (Å²) in [4.78, 5) is 30.4. The van der Waals surface area contributed by atoms with Gasteiger partial charge in [-0.05, 0) is 13.0 Å². The molecule has 1 aromatic heterocycles. The van der Waals surface area contributed by atoms with Crippen LogP contribution in [0.15, 0.2) is 24.0 Å². The first kappa shape index (κ1) is 22.3. The van der Waals surface area contributed by atoms with Crippen molar-refractivity contribution in [3.8, 4) is 6.07 Å². The van der Waals surface area contributed by atoms with Gasteiger partial charge in [-0.15, -0.1) is 0 Å². The molecule has 29 heavy (non-hydrogen) atoms. The van der Waals surface area contributed by atoms with Crippen molar-refractivity contribution in [3.05, 3.63) is 34.6 Å². The Labute approximate surface area is 169 Å². The average Bonchev–Trinajstić information content (AvgIpc) is 2.66. The first-order chi connectivity index (χ1) is 13.7. The zero-order chi connectivity index (χ0) is 21.6. The lowest BCUT2D eigenvalue weighted by Crippen LogP contribution is -2.45. The Balaban J connectivity index is 2.01. The smallest absolute Gasteiger partial charge is 0.417 e. The average molecular weight is 432 g/mol. The van der Waals surface area contributed by atoms with Gasteiger partial charge in [0.15, 0.2) is 0 Å². The summed E-state index contributed by atoms with van der Waals surface area (Å²) < 4.78 is 42.7. The third kappa shape index (κ3) is 5.99. The molecule has 0 atom stereocenters. The monoisotopic (exact) mass is 431 g/mol. The summed E-state index contributed by atoms with van der Waals surface area (Å²) in [7, 11) is 0. The molecule has 0 aliphatic carbocycles. The van der Waals surface area contributed by atoms with Crippen molar-refractivity contribution in [2.75, 3.05) is 37.7 Å². The fourth-order valence-electron chi connectivity index (χ4n) is 2.53. The molecule has 156 valence electrons. The number of pyridine rings is 1. The number of hydrogen-bond donors (Lipinski definition) is 1. The number of rotatable bonds is 4. The fraction of sp³-hybridized carbons (Fsp3) is 0.412. The number of nitrogens with one attached hydrogen (secondary N) is 1. The molecule has 12 heteroatoms. The van der Waals surface area contributed by atoms with Crippen molar-refractivity contribution in [3.63, 3.8) is 0 Å². The van der Waals surface area contributed by atoms with Gasteiger partial charge in [0.2, 0.25) is 0 Å². The van der Waals surface area contributed by atoms with Crippen molar-refractivity contribution in [2.24, 2.45) is 0 Å². The lowest BCUT2D eigenvalue weighted by molar-refractivity contribution is -0.137. The van der Waals surface area contributed by atoms with Crippen LogP contribution in [0.25, 0.3) is 0 Å². The second kappa shape index (κ2) is 9.47. The van der Waals surface area contributed by atoms with Crippen molar-refractivity contribution < 1.29 is 27.5 Å². The van der Waals surface area contributed by atoms with E-state index in [2.05, 4.69) is 9.72 Å². The van der Waals surface area contributed by atoms with Crippen LogP contribution in [-0.4, -0.2) is 54.7 Å². The summed E-state index contributed by atoms with van der Waals surface area (Å²) in [6.45, 7) is 3.07. The molecule has 1 aromatic rings. The molecule has 2 amide bonds. The molecular weight excluding hydrogens is 415 g/mol. The highest BCUT2D eigenvalue weighted by atomic mass is 35.5. The summed E-state index contributed by atoms with van der Waals surface area (Å²) in [6.07, 6.45) is -3.45. The van der Waals surface area contributed by atoms with E-state index in [1.807, 2.05) is 5.32 Å². The molecule has 0 aromatic carbocycles. The van der Waals surface area contributed by atoms with Gasteiger partial charge in [-0.25, -0.2) is 9.78 Å². The van der Waals surface area contributed by atoms with Gasteiger partial charge in [-0.1, -0.05) is 11.6 Å². The van der Waals surface area contributed by atoms with E-state index in [-0.39, 0.29) is 23.0 Å². The molecule has 0 unspecified atom stereocenters. The number of ether oxygens (including phenoxy) is 1. The number of halogens is 4. The maximum Gasteiger partial charge on any atom is 0.417 e. The summed E-state index contributed by atoms with van der Waals surface area (Å²) >= 11 is 5.96. The Morgan fingerprint density at radius 3 is 2.55 bits per heavy atom. The Kier molecular flexibility index (Phi) is 7.28. The molecular formula is C17H17ClF3N5O3. The van der Waals surface area contributed by atoms with Gasteiger partial charge < -0.3 is 14.5 Å². The first-order valence-electron chi connectivity index (χ1n) is 8.47.